The summed E-state index contributed by atoms with van der Waals surface area (Å²) >= 11 is 0. The van der Waals surface area contributed by atoms with E-state index in [1.54, 1.807) is 14.2 Å². The maximum Gasteiger partial charge on any atom is 0.118 e. The smallest absolute Gasteiger partial charge is 0.118 e. The number of ether oxygens (including phenoxy) is 2. The molecule has 2 unspecified atom stereocenters. The van der Waals surface area contributed by atoms with Crippen LogP contribution in [0.1, 0.15) is 25.8 Å². The van der Waals surface area contributed by atoms with Crippen LogP contribution in [-0.4, -0.2) is 33.4 Å². The Labute approximate surface area is 117 Å². The standard InChI is InChI=1S/C16H27NO2/c1-13(14(2)17-11-12-18-3)5-6-15-7-9-16(19-4)10-8-15/h7-10,13-14,17H,5-6,11-12H2,1-4H3. The quantitative estimate of drug-likeness (QED) is 0.696. The molecule has 0 aliphatic heterocycles. The summed E-state index contributed by atoms with van der Waals surface area (Å²) in [5.74, 6) is 1.57. The van der Waals surface area contributed by atoms with Crippen molar-refractivity contribution in [3.05, 3.63) is 29.8 Å². The lowest BCUT2D eigenvalue weighted by molar-refractivity contribution is 0.192. The summed E-state index contributed by atoms with van der Waals surface area (Å²) in [6, 6.07) is 8.87. The van der Waals surface area contributed by atoms with Gasteiger partial charge in [0, 0.05) is 19.7 Å². The zero-order chi connectivity index (χ0) is 14.1. The molecule has 0 bridgehead atoms. The van der Waals surface area contributed by atoms with E-state index in [2.05, 4.69) is 31.3 Å². The van der Waals surface area contributed by atoms with Crippen molar-refractivity contribution in [3.63, 3.8) is 0 Å². The number of hydrogen-bond donors (Lipinski definition) is 1. The van der Waals surface area contributed by atoms with Crippen LogP contribution in [0.4, 0.5) is 0 Å². The van der Waals surface area contributed by atoms with Gasteiger partial charge in [0.25, 0.3) is 0 Å². The molecule has 3 heteroatoms. The van der Waals surface area contributed by atoms with Gasteiger partial charge in [-0.05, 0) is 43.4 Å². The van der Waals surface area contributed by atoms with Gasteiger partial charge in [0.15, 0.2) is 0 Å². The van der Waals surface area contributed by atoms with Crippen molar-refractivity contribution >= 4 is 0 Å². The molecule has 0 radical (unpaired) electrons. The molecule has 0 amide bonds. The van der Waals surface area contributed by atoms with Gasteiger partial charge < -0.3 is 14.8 Å². The second-order valence-corrected chi connectivity index (χ2v) is 5.10. The number of benzene rings is 1. The molecule has 0 spiro atoms. The van der Waals surface area contributed by atoms with E-state index >= 15 is 0 Å². The summed E-state index contributed by atoms with van der Waals surface area (Å²) in [4.78, 5) is 0. The highest BCUT2D eigenvalue weighted by Gasteiger charge is 2.11. The summed E-state index contributed by atoms with van der Waals surface area (Å²) in [7, 11) is 3.43. The maximum absolute atomic E-state index is 5.17. The van der Waals surface area contributed by atoms with E-state index in [-0.39, 0.29) is 0 Å². The first kappa shape index (κ1) is 16.0. The van der Waals surface area contributed by atoms with Gasteiger partial charge in [0.1, 0.15) is 5.75 Å². The second-order valence-electron chi connectivity index (χ2n) is 5.10. The summed E-state index contributed by atoms with van der Waals surface area (Å²) in [6.45, 7) is 6.24. The molecular weight excluding hydrogens is 238 g/mol. The third-order valence-electron chi connectivity index (χ3n) is 3.67. The Morgan fingerprint density at radius 3 is 2.37 bits per heavy atom. The lowest BCUT2D eigenvalue weighted by atomic mass is 9.95. The normalized spacial score (nSPS) is 14.1. The third-order valence-corrected chi connectivity index (χ3v) is 3.67. The fourth-order valence-electron chi connectivity index (χ4n) is 2.03. The minimum atomic E-state index is 0.522. The summed E-state index contributed by atoms with van der Waals surface area (Å²) in [6.07, 6.45) is 2.30. The fraction of sp³-hybridized carbons (Fsp3) is 0.625. The summed E-state index contributed by atoms with van der Waals surface area (Å²) < 4.78 is 10.2. The van der Waals surface area contributed by atoms with Crippen LogP contribution in [0.5, 0.6) is 5.75 Å². The van der Waals surface area contributed by atoms with Gasteiger partial charge in [-0.25, -0.2) is 0 Å². The number of rotatable bonds is 9. The zero-order valence-corrected chi connectivity index (χ0v) is 12.6. The number of hydrogen-bond acceptors (Lipinski definition) is 3. The first-order chi connectivity index (χ1) is 9.17. The van der Waals surface area contributed by atoms with Crippen LogP contribution in [-0.2, 0) is 11.2 Å². The summed E-state index contributed by atoms with van der Waals surface area (Å²) in [5, 5.41) is 3.49. The van der Waals surface area contributed by atoms with Gasteiger partial charge in [0.05, 0.1) is 13.7 Å². The van der Waals surface area contributed by atoms with Crippen molar-refractivity contribution < 1.29 is 9.47 Å². The van der Waals surface area contributed by atoms with Gasteiger partial charge >= 0.3 is 0 Å². The first-order valence-electron chi connectivity index (χ1n) is 7.02. The van der Waals surface area contributed by atoms with E-state index in [4.69, 9.17) is 9.47 Å². The molecule has 0 saturated heterocycles. The molecule has 0 saturated carbocycles. The predicted molar refractivity (Wildman–Crippen MR) is 79.8 cm³/mol. The topological polar surface area (TPSA) is 30.5 Å². The van der Waals surface area contributed by atoms with Crippen LogP contribution < -0.4 is 10.1 Å². The summed E-state index contributed by atoms with van der Waals surface area (Å²) in [5.41, 5.74) is 1.37. The van der Waals surface area contributed by atoms with Gasteiger partial charge in [-0.15, -0.1) is 0 Å². The van der Waals surface area contributed by atoms with Crippen LogP contribution in [0.15, 0.2) is 24.3 Å². The molecular formula is C16H27NO2. The second kappa shape index (κ2) is 8.94. The molecule has 2 atom stereocenters. The number of methoxy groups -OCH3 is 2. The molecule has 1 rings (SSSR count). The predicted octanol–water partition coefficient (Wildman–Crippen LogP) is 2.89. The van der Waals surface area contributed by atoms with Crippen molar-refractivity contribution in [2.75, 3.05) is 27.4 Å². The van der Waals surface area contributed by atoms with Crippen molar-refractivity contribution in [1.82, 2.24) is 5.32 Å². The minimum absolute atomic E-state index is 0.522. The highest BCUT2D eigenvalue weighted by Crippen LogP contribution is 2.16. The average Bonchev–Trinajstić information content (AvgIpc) is 2.45. The number of aryl methyl sites for hydroxylation is 1. The molecule has 1 N–H and O–H groups in total. The van der Waals surface area contributed by atoms with E-state index in [1.165, 1.54) is 12.0 Å². The van der Waals surface area contributed by atoms with E-state index in [9.17, 15) is 0 Å². The fourth-order valence-corrected chi connectivity index (χ4v) is 2.03. The zero-order valence-electron chi connectivity index (χ0n) is 12.6. The van der Waals surface area contributed by atoms with Gasteiger partial charge in [0.2, 0.25) is 0 Å². The Hall–Kier alpha value is -1.06. The molecule has 1 aromatic carbocycles. The first-order valence-corrected chi connectivity index (χ1v) is 7.02. The SMILES string of the molecule is COCCNC(C)C(C)CCc1ccc(OC)cc1. The van der Waals surface area contributed by atoms with Crippen LogP contribution >= 0.6 is 0 Å². The van der Waals surface area contributed by atoms with Gasteiger partial charge in [-0.1, -0.05) is 19.1 Å². The monoisotopic (exact) mass is 265 g/mol. The molecule has 0 aliphatic rings. The third kappa shape index (κ3) is 6.08. The Bertz CT molecular complexity index is 337. The van der Waals surface area contributed by atoms with Crippen molar-refractivity contribution in [3.8, 4) is 5.75 Å². The van der Waals surface area contributed by atoms with Crippen molar-refractivity contribution in [2.24, 2.45) is 5.92 Å². The highest BCUT2D eigenvalue weighted by atomic mass is 16.5. The van der Waals surface area contributed by atoms with Crippen LogP contribution in [0.2, 0.25) is 0 Å². The van der Waals surface area contributed by atoms with Crippen LogP contribution in [0, 0.1) is 5.92 Å². The van der Waals surface area contributed by atoms with E-state index in [0.717, 1.165) is 25.3 Å². The Morgan fingerprint density at radius 2 is 1.79 bits per heavy atom. The Morgan fingerprint density at radius 1 is 1.11 bits per heavy atom. The molecule has 19 heavy (non-hydrogen) atoms. The van der Waals surface area contributed by atoms with Crippen molar-refractivity contribution in [2.45, 2.75) is 32.7 Å². The highest BCUT2D eigenvalue weighted by molar-refractivity contribution is 5.27. The Balaban J connectivity index is 2.29. The molecule has 0 aliphatic carbocycles. The van der Waals surface area contributed by atoms with Gasteiger partial charge in [-0.3, -0.25) is 0 Å². The van der Waals surface area contributed by atoms with Crippen molar-refractivity contribution in [1.29, 1.82) is 0 Å². The molecule has 0 fully saturated rings. The maximum atomic E-state index is 5.17. The number of nitrogens with one attached hydrogen (secondary N) is 1. The average molecular weight is 265 g/mol. The minimum Gasteiger partial charge on any atom is -0.497 e. The lowest BCUT2D eigenvalue weighted by Gasteiger charge is -2.21. The molecule has 0 heterocycles. The molecule has 1 aromatic rings. The van der Waals surface area contributed by atoms with Crippen LogP contribution in [0.25, 0.3) is 0 Å². The van der Waals surface area contributed by atoms with E-state index < -0.39 is 0 Å². The van der Waals surface area contributed by atoms with E-state index in [0.29, 0.717) is 12.0 Å². The Kier molecular flexibility index (Phi) is 7.53. The lowest BCUT2D eigenvalue weighted by Crippen LogP contribution is -2.34. The molecule has 0 aromatic heterocycles. The van der Waals surface area contributed by atoms with Crippen LogP contribution in [0.3, 0.4) is 0 Å². The molecule has 108 valence electrons. The molecule has 3 nitrogen and oxygen atoms in total. The largest absolute Gasteiger partial charge is 0.497 e. The van der Waals surface area contributed by atoms with Gasteiger partial charge in [-0.2, -0.15) is 0 Å². The van der Waals surface area contributed by atoms with E-state index in [1.807, 2.05) is 12.1 Å².